The smallest absolute Gasteiger partial charge is 0.415 e. The van der Waals surface area contributed by atoms with Crippen LogP contribution in [0.25, 0.3) is 0 Å². The van der Waals surface area contributed by atoms with Crippen LogP contribution in [-0.4, -0.2) is 52.8 Å². The number of carbonyl (C=O) groups excluding carboxylic acids is 2. The second-order valence-corrected chi connectivity index (χ2v) is 6.50. The first-order chi connectivity index (χ1) is 9.71. The SMILES string of the molecule is C=C1N(C(C)(C)C)C(=O)OC12CCN(C(=O)OCC)CC2. The van der Waals surface area contributed by atoms with Gasteiger partial charge in [0, 0.05) is 31.5 Å². The highest BCUT2D eigenvalue weighted by Crippen LogP contribution is 2.43. The topological polar surface area (TPSA) is 59.1 Å². The third-order valence-corrected chi connectivity index (χ3v) is 4.03. The lowest BCUT2D eigenvalue weighted by molar-refractivity contribution is 0.0126. The fourth-order valence-electron chi connectivity index (χ4n) is 2.92. The molecule has 2 saturated heterocycles. The molecule has 1 spiro atoms. The summed E-state index contributed by atoms with van der Waals surface area (Å²) < 4.78 is 10.6. The number of amides is 2. The highest BCUT2D eigenvalue weighted by atomic mass is 16.6. The molecule has 0 aromatic rings. The van der Waals surface area contributed by atoms with Gasteiger partial charge in [0.05, 0.1) is 12.3 Å². The van der Waals surface area contributed by atoms with E-state index in [0.29, 0.717) is 38.2 Å². The molecule has 6 heteroatoms. The van der Waals surface area contributed by atoms with Crippen LogP contribution in [0.5, 0.6) is 0 Å². The number of rotatable bonds is 1. The summed E-state index contributed by atoms with van der Waals surface area (Å²) >= 11 is 0. The zero-order valence-electron chi connectivity index (χ0n) is 13.3. The van der Waals surface area contributed by atoms with Crippen molar-refractivity contribution in [2.45, 2.75) is 51.7 Å². The normalized spacial score (nSPS) is 21.7. The number of nitrogens with zero attached hydrogens (tertiary/aromatic N) is 2. The van der Waals surface area contributed by atoms with Gasteiger partial charge in [-0.3, -0.25) is 4.90 Å². The Labute approximate surface area is 125 Å². The highest BCUT2D eigenvalue weighted by Gasteiger charge is 2.53. The van der Waals surface area contributed by atoms with E-state index in [2.05, 4.69) is 6.58 Å². The van der Waals surface area contributed by atoms with Crippen molar-refractivity contribution in [1.82, 2.24) is 9.80 Å². The van der Waals surface area contributed by atoms with Crippen LogP contribution in [0.1, 0.15) is 40.5 Å². The van der Waals surface area contributed by atoms with Crippen molar-refractivity contribution in [1.29, 1.82) is 0 Å². The first-order valence-electron chi connectivity index (χ1n) is 7.35. The molecule has 0 atom stereocenters. The lowest BCUT2D eigenvalue weighted by atomic mass is 9.87. The van der Waals surface area contributed by atoms with E-state index in [9.17, 15) is 9.59 Å². The molecule has 21 heavy (non-hydrogen) atoms. The van der Waals surface area contributed by atoms with Gasteiger partial charge in [-0.05, 0) is 27.7 Å². The van der Waals surface area contributed by atoms with Crippen LogP contribution in [0, 0.1) is 0 Å². The lowest BCUT2D eigenvalue weighted by Gasteiger charge is -2.39. The summed E-state index contributed by atoms with van der Waals surface area (Å²) in [6.07, 6.45) is 0.457. The van der Waals surface area contributed by atoms with Gasteiger partial charge in [0.2, 0.25) is 0 Å². The number of hydrogen-bond donors (Lipinski definition) is 0. The van der Waals surface area contributed by atoms with E-state index < -0.39 is 5.60 Å². The Morgan fingerprint density at radius 2 is 1.95 bits per heavy atom. The Kier molecular flexibility index (Phi) is 3.91. The van der Waals surface area contributed by atoms with Gasteiger partial charge in [0.25, 0.3) is 0 Å². The van der Waals surface area contributed by atoms with Gasteiger partial charge in [-0.25, -0.2) is 9.59 Å². The number of hydrogen-bond acceptors (Lipinski definition) is 4. The Morgan fingerprint density at radius 1 is 1.38 bits per heavy atom. The number of ether oxygens (including phenoxy) is 2. The zero-order chi connectivity index (χ0) is 15.8. The Balaban J connectivity index is 2.09. The largest absolute Gasteiger partial charge is 0.450 e. The maximum atomic E-state index is 12.2. The lowest BCUT2D eigenvalue weighted by Crippen LogP contribution is -2.48. The quantitative estimate of drug-likeness (QED) is 0.746. The summed E-state index contributed by atoms with van der Waals surface area (Å²) in [4.78, 5) is 27.2. The predicted molar refractivity (Wildman–Crippen MR) is 77.8 cm³/mol. The summed E-state index contributed by atoms with van der Waals surface area (Å²) in [5, 5.41) is 0. The van der Waals surface area contributed by atoms with Gasteiger partial charge < -0.3 is 14.4 Å². The molecule has 2 amide bonds. The summed E-state index contributed by atoms with van der Waals surface area (Å²) in [6.45, 7) is 13.1. The summed E-state index contributed by atoms with van der Waals surface area (Å²) in [5.41, 5.74) is -0.341. The van der Waals surface area contributed by atoms with Gasteiger partial charge in [-0.1, -0.05) is 6.58 Å². The summed E-state index contributed by atoms with van der Waals surface area (Å²) in [5.74, 6) is 0. The van der Waals surface area contributed by atoms with E-state index in [1.165, 1.54) is 0 Å². The second kappa shape index (κ2) is 5.24. The van der Waals surface area contributed by atoms with E-state index in [1.807, 2.05) is 20.8 Å². The molecule has 0 saturated carbocycles. The standard InChI is InChI=1S/C15H24N2O4/c1-6-20-12(18)16-9-7-15(8-10-16)11(2)17(13(19)21-15)14(3,4)5/h2,6-10H2,1,3-5H3. The van der Waals surface area contributed by atoms with E-state index in [0.717, 1.165) is 0 Å². The molecular formula is C15H24N2O4. The molecular weight excluding hydrogens is 272 g/mol. The molecule has 0 aliphatic carbocycles. The van der Waals surface area contributed by atoms with Crippen molar-refractivity contribution in [3.05, 3.63) is 12.3 Å². The van der Waals surface area contributed by atoms with Crippen molar-refractivity contribution in [3.8, 4) is 0 Å². The Morgan fingerprint density at radius 3 is 2.38 bits per heavy atom. The van der Waals surface area contributed by atoms with Crippen molar-refractivity contribution >= 4 is 12.2 Å². The van der Waals surface area contributed by atoms with Crippen molar-refractivity contribution in [2.24, 2.45) is 0 Å². The van der Waals surface area contributed by atoms with Crippen molar-refractivity contribution < 1.29 is 19.1 Å². The molecule has 2 aliphatic heterocycles. The average Bonchev–Trinajstić information content (AvgIpc) is 2.61. The molecule has 0 radical (unpaired) electrons. The fourth-order valence-corrected chi connectivity index (χ4v) is 2.92. The van der Waals surface area contributed by atoms with E-state index in [4.69, 9.17) is 9.47 Å². The molecule has 0 bridgehead atoms. The van der Waals surface area contributed by atoms with Gasteiger partial charge in [-0.2, -0.15) is 0 Å². The van der Waals surface area contributed by atoms with Gasteiger partial charge >= 0.3 is 12.2 Å². The van der Waals surface area contributed by atoms with E-state index in [-0.39, 0.29) is 17.7 Å². The molecule has 2 fully saturated rings. The Hall–Kier alpha value is -1.72. The van der Waals surface area contributed by atoms with Crippen LogP contribution in [0.2, 0.25) is 0 Å². The van der Waals surface area contributed by atoms with Crippen LogP contribution in [0.15, 0.2) is 12.3 Å². The molecule has 0 unspecified atom stereocenters. The third kappa shape index (κ3) is 2.71. The molecule has 0 aromatic heterocycles. The predicted octanol–water partition coefficient (Wildman–Crippen LogP) is 2.74. The van der Waals surface area contributed by atoms with E-state index in [1.54, 1.807) is 16.7 Å². The monoisotopic (exact) mass is 296 g/mol. The molecule has 2 heterocycles. The van der Waals surface area contributed by atoms with Crippen LogP contribution in [0.4, 0.5) is 9.59 Å². The first-order valence-corrected chi connectivity index (χ1v) is 7.35. The Bertz CT molecular complexity index is 459. The van der Waals surface area contributed by atoms with Gasteiger partial charge in [0.15, 0.2) is 5.60 Å². The zero-order valence-corrected chi connectivity index (χ0v) is 13.3. The number of piperidine rings is 1. The molecule has 118 valence electrons. The van der Waals surface area contributed by atoms with E-state index >= 15 is 0 Å². The van der Waals surface area contributed by atoms with Gasteiger partial charge in [0.1, 0.15) is 0 Å². The summed E-state index contributed by atoms with van der Waals surface area (Å²) in [7, 11) is 0. The highest BCUT2D eigenvalue weighted by molar-refractivity contribution is 5.76. The van der Waals surface area contributed by atoms with Crippen LogP contribution < -0.4 is 0 Å². The fraction of sp³-hybridized carbons (Fsp3) is 0.733. The molecule has 2 aliphatic rings. The molecule has 6 nitrogen and oxygen atoms in total. The molecule has 0 N–H and O–H groups in total. The van der Waals surface area contributed by atoms with Crippen LogP contribution >= 0.6 is 0 Å². The number of likely N-dealkylation sites (tertiary alicyclic amines) is 1. The summed E-state index contributed by atoms with van der Waals surface area (Å²) in [6, 6.07) is 0. The van der Waals surface area contributed by atoms with Crippen LogP contribution in [-0.2, 0) is 9.47 Å². The van der Waals surface area contributed by atoms with Crippen LogP contribution in [0.3, 0.4) is 0 Å². The second-order valence-electron chi connectivity index (χ2n) is 6.50. The maximum absolute atomic E-state index is 12.2. The third-order valence-electron chi connectivity index (χ3n) is 4.03. The minimum atomic E-state index is -0.673. The number of carbonyl (C=O) groups is 2. The first kappa shape index (κ1) is 15.7. The maximum Gasteiger partial charge on any atom is 0.415 e. The van der Waals surface area contributed by atoms with Gasteiger partial charge in [-0.15, -0.1) is 0 Å². The van der Waals surface area contributed by atoms with Crippen molar-refractivity contribution in [3.63, 3.8) is 0 Å². The molecule has 0 aromatic carbocycles. The molecule has 2 rings (SSSR count). The minimum absolute atomic E-state index is 0.310. The average molecular weight is 296 g/mol. The minimum Gasteiger partial charge on any atom is -0.450 e. The van der Waals surface area contributed by atoms with Crippen molar-refractivity contribution in [2.75, 3.05) is 19.7 Å².